The number of anilines is 1. The molecule has 10 nitrogen and oxygen atoms in total. The average molecular weight is 471 g/mol. The van der Waals surface area contributed by atoms with Gasteiger partial charge in [0, 0.05) is 19.5 Å². The van der Waals surface area contributed by atoms with Crippen LogP contribution in [0, 0.1) is 24.2 Å². The predicted molar refractivity (Wildman–Crippen MR) is 117 cm³/mol. The molecule has 11 heteroatoms. The Labute approximate surface area is 190 Å². The summed E-state index contributed by atoms with van der Waals surface area (Å²) in [6, 6.07) is 6.52. The number of aromatic carboxylic acids is 1. The Bertz CT molecular complexity index is 1310. The van der Waals surface area contributed by atoms with Crippen LogP contribution in [0.1, 0.15) is 39.7 Å². The van der Waals surface area contributed by atoms with Crippen molar-refractivity contribution in [1.29, 1.82) is 5.26 Å². The van der Waals surface area contributed by atoms with E-state index in [9.17, 15) is 28.4 Å². The van der Waals surface area contributed by atoms with Crippen molar-refractivity contribution in [2.45, 2.75) is 31.6 Å². The first-order chi connectivity index (χ1) is 15.7. The number of rotatable bonds is 6. The van der Waals surface area contributed by atoms with Crippen LogP contribution in [0.3, 0.4) is 0 Å². The number of benzene rings is 1. The van der Waals surface area contributed by atoms with Gasteiger partial charge in [0.25, 0.3) is 10.0 Å². The minimum atomic E-state index is -4.04. The molecule has 1 aromatic carbocycles. The Morgan fingerprint density at radius 1 is 1.36 bits per heavy atom. The zero-order valence-corrected chi connectivity index (χ0v) is 18.9. The van der Waals surface area contributed by atoms with E-state index in [-0.39, 0.29) is 34.8 Å². The fourth-order valence-electron chi connectivity index (χ4n) is 4.15. The van der Waals surface area contributed by atoms with Gasteiger partial charge in [-0.25, -0.2) is 22.9 Å². The Morgan fingerprint density at radius 3 is 2.73 bits per heavy atom. The number of carbonyl (C=O) groups is 2. The Kier molecular flexibility index (Phi) is 5.71. The molecule has 0 unspecified atom stereocenters. The fraction of sp³-hybridized carbons (Fsp3) is 0.364. The summed E-state index contributed by atoms with van der Waals surface area (Å²) < 4.78 is 32.8. The van der Waals surface area contributed by atoms with Gasteiger partial charge in [0.15, 0.2) is 0 Å². The summed E-state index contributed by atoms with van der Waals surface area (Å²) in [6.07, 6.45) is 0.945. The van der Waals surface area contributed by atoms with E-state index < -0.39 is 27.8 Å². The van der Waals surface area contributed by atoms with Crippen molar-refractivity contribution in [1.82, 2.24) is 9.71 Å². The van der Waals surface area contributed by atoms with Crippen molar-refractivity contribution in [2.24, 2.45) is 5.92 Å². The molecule has 2 aromatic rings. The lowest BCUT2D eigenvalue weighted by atomic mass is 9.95. The van der Waals surface area contributed by atoms with Crippen molar-refractivity contribution < 1.29 is 27.9 Å². The van der Waals surface area contributed by atoms with Gasteiger partial charge >= 0.3 is 5.97 Å². The number of ether oxygens (including phenoxy) is 1. The second-order valence-electron chi connectivity index (χ2n) is 7.96. The predicted octanol–water partition coefficient (Wildman–Crippen LogP) is 1.40. The highest BCUT2D eigenvalue weighted by molar-refractivity contribution is 7.90. The molecule has 1 saturated heterocycles. The number of hydrogen-bond acceptors (Lipinski definition) is 8. The largest absolute Gasteiger partial charge is 0.493 e. The fourth-order valence-corrected chi connectivity index (χ4v) is 5.25. The number of amides is 1. The molecule has 2 aliphatic rings. The van der Waals surface area contributed by atoms with Crippen LogP contribution in [0.5, 0.6) is 5.75 Å². The van der Waals surface area contributed by atoms with E-state index in [1.54, 1.807) is 24.8 Å². The maximum absolute atomic E-state index is 12.7. The number of pyridine rings is 1. The quantitative estimate of drug-likeness (QED) is 0.638. The van der Waals surface area contributed by atoms with Crippen LogP contribution in [-0.2, 0) is 27.7 Å². The zero-order chi connectivity index (χ0) is 23.9. The number of nitrogens with zero attached hydrogens (tertiary/aromatic N) is 3. The smallest absolute Gasteiger partial charge is 0.337 e. The number of sulfonamides is 1. The van der Waals surface area contributed by atoms with Crippen LogP contribution in [0.25, 0.3) is 0 Å². The number of aryl methyl sites for hydroxylation is 1. The van der Waals surface area contributed by atoms with E-state index in [0.29, 0.717) is 36.6 Å². The van der Waals surface area contributed by atoms with Gasteiger partial charge in [-0.15, -0.1) is 0 Å². The molecule has 1 fully saturated rings. The first-order valence-electron chi connectivity index (χ1n) is 10.4. The minimum Gasteiger partial charge on any atom is -0.493 e. The summed E-state index contributed by atoms with van der Waals surface area (Å²) in [7, 11) is -4.04. The molecular formula is C22H22N4O6S. The van der Waals surface area contributed by atoms with Crippen molar-refractivity contribution in [3.63, 3.8) is 0 Å². The summed E-state index contributed by atoms with van der Waals surface area (Å²) in [4.78, 5) is 30.2. The number of nitrogens with one attached hydrogen (secondary N) is 1. The molecule has 33 heavy (non-hydrogen) atoms. The normalized spacial score (nSPS) is 15.2. The highest BCUT2D eigenvalue weighted by Crippen LogP contribution is 2.32. The van der Waals surface area contributed by atoms with Crippen molar-refractivity contribution in [3.05, 3.63) is 46.1 Å². The maximum Gasteiger partial charge on any atom is 0.337 e. The lowest BCUT2D eigenvalue weighted by molar-refractivity contribution is -0.123. The third kappa shape index (κ3) is 3.98. The SMILES string of the molecule is CCc1c(C#N)c(N2CC(C(=O)NS(=O)(=O)c3ccc4c(c3)CCO4)C2)nc(C)c1C(=O)O. The van der Waals surface area contributed by atoms with Crippen molar-refractivity contribution in [2.75, 3.05) is 24.6 Å². The van der Waals surface area contributed by atoms with Gasteiger partial charge in [0.2, 0.25) is 5.91 Å². The lowest BCUT2D eigenvalue weighted by Gasteiger charge is -2.39. The van der Waals surface area contributed by atoms with E-state index in [2.05, 4.69) is 9.71 Å². The third-order valence-electron chi connectivity index (χ3n) is 5.90. The van der Waals surface area contributed by atoms with Crippen LogP contribution in [-0.4, -0.2) is 50.1 Å². The number of carboxylic acids is 1. The molecule has 0 spiro atoms. The second kappa shape index (κ2) is 8.37. The van der Waals surface area contributed by atoms with E-state index >= 15 is 0 Å². The highest BCUT2D eigenvalue weighted by Gasteiger charge is 2.38. The van der Waals surface area contributed by atoms with Crippen LogP contribution < -0.4 is 14.4 Å². The summed E-state index contributed by atoms with van der Waals surface area (Å²) in [5.41, 5.74) is 1.63. The summed E-state index contributed by atoms with van der Waals surface area (Å²) >= 11 is 0. The van der Waals surface area contributed by atoms with E-state index in [0.717, 1.165) is 5.56 Å². The molecule has 172 valence electrons. The Morgan fingerprint density at radius 2 is 2.09 bits per heavy atom. The average Bonchev–Trinajstić information content (AvgIpc) is 3.19. The summed E-state index contributed by atoms with van der Waals surface area (Å²) in [5.74, 6) is -1.45. The van der Waals surface area contributed by atoms with Crippen LogP contribution in [0.2, 0.25) is 0 Å². The number of carboxylic acid groups (broad SMARTS) is 1. The monoisotopic (exact) mass is 470 g/mol. The minimum absolute atomic E-state index is 0.00261. The number of aromatic nitrogens is 1. The number of fused-ring (bicyclic) bond motifs is 1. The van der Waals surface area contributed by atoms with Gasteiger partial charge in [0.1, 0.15) is 17.6 Å². The molecule has 0 radical (unpaired) electrons. The molecular weight excluding hydrogens is 448 g/mol. The first-order valence-corrected chi connectivity index (χ1v) is 11.9. The molecule has 3 heterocycles. The molecule has 2 N–H and O–H groups in total. The first kappa shape index (κ1) is 22.5. The number of carbonyl (C=O) groups excluding carboxylic acids is 1. The molecule has 0 saturated carbocycles. The molecule has 0 atom stereocenters. The molecule has 1 aromatic heterocycles. The van der Waals surface area contributed by atoms with Gasteiger partial charge in [-0.1, -0.05) is 6.92 Å². The number of hydrogen-bond donors (Lipinski definition) is 2. The summed E-state index contributed by atoms with van der Waals surface area (Å²) in [5, 5.41) is 19.1. The molecule has 2 aliphatic heterocycles. The molecule has 0 bridgehead atoms. The van der Waals surface area contributed by atoms with Crippen molar-refractivity contribution >= 4 is 27.7 Å². The summed E-state index contributed by atoms with van der Waals surface area (Å²) in [6.45, 7) is 4.14. The Hall–Kier alpha value is -3.65. The van der Waals surface area contributed by atoms with Crippen LogP contribution in [0.15, 0.2) is 23.1 Å². The zero-order valence-electron chi connectivity index (χ0n) is 18.1. The molecule has 1 amide bonds. The van der Waals surface area contributed by atoms with Gasteiger partial charge in [-0.3, -0.25) is 4.79 Å². The van der Waals surface area contributed by atoms with Gasteiger partial charge in [-0.2, -0.15) is 5.26 Å². The molecule has 0 aliphatic carbocycles. The van der Waals surface area contributed by atoms with E-state index in [4.69, 9.17) is 4.74 Å². The van der Waals surface area contributed by atoms with E-state index in [1.807, 2.05) is 6.07 Å². The topological polar surface area (TPSA) is 150 Å². The van der Waals surface area contributed by atoms with Crippen LogP contribution in [0.4, 0.5) is 5.82 Å². The van der Waals surface area contributed by atoms with Crippen molar-refractivity contribution in [3.8, 4) is 11.8 Å². The second-order valence-corrected chi connectivity index (χ2v) is 9.64. The third-order valence-corrected chi connectivity index (χ3v) is 7.24. The number of nitriles is 1. The van der Waals surface area contributed by atoms with Crippen LogP contribution >= 0.6 is 0 Å². The van der Waals surface area contributed by atoms with Gasteiger partial charge in [0.05, 0.1) is 34.2 Å². The maximum atomic E-state index is 12.7. The highest BCUT2D eigenvalue weighted by atomic mass is 32.2. The molecule has 4 rings (SSSR count). The van der Waals surface area contributed by atoms with Gasteiger partial charge in [-0.05, 0) is 42.7 Å². The Balaban J connectivity index is 1.49. The lowest BCUT2D eigenvalue weighted by Crippen LogP contribution is -2.55. The van der Waals surface area contributed by atoms with E-state index in [1.165, 1.54) is 12.1 Å². The van der Waals surface area contributed by atoms with Gasteiger partial charge < -0.3 is 14.7 Å². The standard InChI is InChI=1S/C22H22N4O6S/c1-3-16-17(9-23)20(24-12(2)19(16)22(28)29)26-10-14(11-26)21(27)25-33(30,31)15-4-5-18-13(8-15)6-7-32-18/h4-5,8,14H,3,6-7,10-11H2,1-2H3,(H,25,27)(H,28,29).